The quantitative estimate of drug-likeness (QED) is 0.818. The Kier molecular flexibility index (Phi) is 3.29. The topological polar surface area (TPSA) is 34.9 Å². The molecule has 0 amide bonds. The third-order valence-corrected chi connectivity index (χ3v) is 3.33. The van der Waals surface area contributed by atoms with Gasteiger partial charge in [0, 0.05) is 0 Å². The Hall–Kier alpha value is -1.29. The molecule has 0 aliphatic heterocycles. The minimum Gasteiger partial charge on any atom is -0.286 e. The van der Waals surface area contributed by atoms with Gasteiger partial charge in [-0.15, -0.1) is 11.8 Å². The van der Waals surface area contributed by atoms with Crippen LogP contribution in [0, 0.1) is 6.92 Å². The summed E-state index contributed by atoms with van der Waals surface area (Å²) in [5, 5.41) is 0.699. The predicted octanol–water partition coefficient (Wildman–Crippen LogP) is 2.42. The maximum Gasteiger partial charge on any atom is 0.262 e. The molecular formula is C12H14N2OS. The van der Waals surface area contributed by atoms with E-state index in [1.807, 2.05) is 31.2 Å². The number of thioether (sulfide) groups is 1. The molecule has 0 fully saturated rings. The molecule has 2 aromatic rings. The van der Waals surface area contributed by atoms with Gasteiger partial charge in [-0.3, -0.25) is 9.36 Å². The molecular weight excluding hydrogens is 220 g/mol. The van der Waals surface area contributed by atoms with Gasteiger partial charge in [0.1, 0.15) is 5.82 Å². The Labute approximate surface area is 98.5 Å². The summed E-state index contributed by atoms with van der Waals surface area (Å²) in [4.78, 5) is 16.6. The van der Waals surface area contributed by atoms with Crippen molar-refractivity contribution in [2.45, 2.75) is 19.7 Å². The molecule has 0 radical (unpaired) electrons. The lowest BCUT2D eigenvalue weighted by Gasteiger charge is -2.09. The first kappa shape index (κ1) is 11.2. The van der Waals surface area contributed by atoms with Crippen LogP contribution in [0.4, 0.5) is 0 Å². The van der Waals surface area contributed by atoms with Gasteiger partial charge in [-0.25, -0.2) is 4.98 Å². The lowest BCUT2D eigenvalue weighted by molar-refractivity contribution is 0.776. The van der Waals surface area contributed by atoms with Gasteiger partial charge in [0.25, 0.3) is 5.56 Å². The van der Waals surface area contributed by atoms with E-state index in [1.54, 1.807) is 16.3 Å². The maximum atomic E-state index is 12.2. The van der Waals surface area contributed by atoms with Gasteiger partial charge in [0.05, 0.1) is 16.8 Å². The van der Waals surface area contributed by atoms with Crippen LogP contribution in [-0.2, 0) is 5.88 Å². The Balaban J connectivity index is 2.61. The summed E-state index contributed by atoms with van der Waals surface area (Å²) >= 11 is 1.72. The first-order valence-corrected chi connectivity index (χ1v) is 6.43. The zero-order valence-electron chi connectivity index (χ0n) is 9.43. The van der Waals surface area contributed by atoms with Crippen LogP contribution >= 0.6 is 11.8 Å². The van der Waals surface area contributed by atoms with E-state index >= 15 is 0 Å². The molecule has 0 N–H and O–H groups in total. The molecule has 0 aliphatic carbocycles. The molecule has 0 aliphatic rings. The lowest BCUT2D eigenvalue weighted by Crippen LogP contribution is -2.23. The first-order chi connectivity index (χ1) is 7.74. The molecule has 1 heterocycles. The molecule has 0 saturated carbocycles. The highest BCUT2D eigenvalue weighted by Crippen LogP contribution is 2.10. The molecule has 0 bridgehead atoms. The molecule has 1 aromatic carbocycles. The molecule has 0 saturated heterocycles. The van der Waals surface area contributed by atoms with Crippen LogP contribution in [0.25, 0.3) is 10.9 Å². The first-order valence-electron chi connectivity index (χ1n) is 5.28. The molecule has 3 nitrogen and oxygen atoms in total. The Bertz CT molecular complexity index is 562. The fourth-order valence-corrected chi connectivity index (χ4v) is 2.28. The van der Waals surface area contributed by atoms with Crippen molar-refractivity contribution in [3.63, 3.8) is 0 Å². The fourth-order valence-electron chi connectivity index (χ4n) is 1.61. The van der Waals surface area contributed by atoms with E-state index in [9.17, 15) is 4.79 Å². The van der Waals surface area contributed by atoms with Gasteiger partial charge in [-0.2, -0.15) is 0 Å². The third-order valence-electron chi connectivity index (χ3n) is 2.48. The average Bonchev–Trinajstić information content (AvgIpc) is 2.29. The fraction of sp³-hybridized carbons (Fsp3) is 0.333. The average molecular weight is 234 g/mol. The van der Waals surface area contributed by atoms with Crippen molar-refractivity contribution in [2.75, 3.05) is 5.75 Å². The van der Waals surface area contributed by atoms with Crippen molar-refractivity contribution >= 4 is 22.7 Å². The minimum atomic E-state index is 0.0593. The van der Waals surface area contributed by atoms with Gasteiger partial charge in [0.15, 0.2) is 0 Å². The monoisotopic (exact) mass is 234 g/mol. The summed E-state index contributed by atoms with van der Waals surface area (Å²) in [7, 11) is 0. The molecule has 84 valence electrons. The summed E-state index contributed by atoms with van der Waals surface area (Å²) in [6.45, 7) is 3.96. The van der Waals surface area contributed by atoms with E-state index in [-0.39, 0.29) is 5.56 Å². The normalized spacial score (nSPS) is 10.9. The SMILES string of the molecule is CCSCn1c(C)nc2ccccc2c1=O. The van der Waals surface area contributed by atoms with E-state index in [2.05, 4.69) is 11.9 Å². The van der Waals surface area contributed by atoms with Crippen LogP contribution in [0.15, 0.2) is 29.1 Å². The van der Waals surface area contributed by atoms with Crippen LogP contribution in [0.1, 0.15) is 12.7 Å². The summed E-state index contributed by atoms with van der Waals surface area (Å²) < 4.78 is 1.73. The molecule has 16 heavy (non-hydrogen) atoms. The summed E-state index contributed by atoms with van der Waals surface area (Å²) in [6.07, 6.45) is 0. The molecule has 2 rings (SSSR count). The number of para-hydroxylation sites is 1. The summed E-state index contributed by atoms with van der Waals surface area (Å²) in [5.41, 5.74) is 0.840. The number of rotatable bonds is 3. The second-order valence-corrected chi connectivity index (χ2v) is 4.78. The highest BCUT2D eigenvalue weighted by Gasteiger charge is 2.06. The summed E-state index contributed by atoms with van der Waals surface area (Å²) in [6, 6.07) is 7.48. The number of aromatic nitrogens is 2. The van der Waals surface area contributed by atoms with Crippen LogP contribution < -0.4 is 5.56 Å². The number of nitrogens with zero attached hydrogens (tertiary/aromatic N) is 2. The van der Waals surface area contributed by atoms with Gasteiger partial charge in [-0.05, 0) is 24.8 Å². The number of benzene rings is 1. The van der Waals surface area contributed by atoms with Crippen molar-refractivity contribution in [3.05, 3.63) is 40.4 Å². The van der Waals surface area contributed by atoms with Gasteiger partial charge < -0.3 is 0 Å². The smallest absolute Gasteiger partial charge is 0.262 e. The van der Waals surface area contributed by atoms with E-state index in [1.165, 1.54) is 0 Å². The number of aryl methyl sites for hydroxylation is 1. The zero-order chi connectivity index (χ0) is 11.5. The molecule has 0 atom stereocenters. The van der Waals surface area contributed by atoms with Crippen LogP contribution in [0.5, 0.6) is 0 Å². The molecule has 1 aromatic heterocycles. The Morgan fingerprint density at radius 2 is 2.12 bits per heavy atom. The highest BCUT2D eigenvalue weighted by atomic mass is 32.2. The van der Waals surface area contributed by atoms with Crippen LogP contribution in [-0.4, -0.2) is 15.3 Å². The van der Waals surface area contributed by atoms with E-state index < -0.39 is 0 Å². The predicted molar refractivity (Wildman–Crippen MR) is 68.9 cm³/mol. The van der Waals surface area contributed by atoms with Crippen molar-refractivity contribution in [3.8, 4) is 0 Å². The van der Waals surface area contributed by atoms with Gasteiger partial charge in [0.2, 0.25) is 0 Å². The standard InChI is InChI=1S/C12H14N2OS/c1-3-16-8-14-9(2)13-11-7-5-4-6-10(11)12(14)15/h4-7H,3,8H2,1-2H3. The van der Waals surface area contributed by atoms with Crippen molar-refractivity contribution < 1.29 is 0 Å². The number of hydrogen-bond donors (Lipinski definition) is 0. The second-order valence-electron chi connectivity index (χ2n) is 3.53. The van der Waals surface area contributed by atoms with Crippen molar-refractivity contribution in [2.24, 2.45) is 0 Å². The molecule has 4 heteroatoms. The maximum absolute atomic E-state index is 12.2. The number of fused-ring (bicyclic) bond motifs is 1. The largest absolute Gasteiger partial charge is 0.286 e. The van der Waals surface area contributed by atoms with Gasteiger partial charge in [-0.1, -0.05) is 19.1 Å². The summed E-state index contributed by atoms with van der Waals surface area (Å²) in [5.74, 6) is 2.46. The lowest BCUT2D eigenvalue weighted by atomic mass is 10.2. The highest BCUT2D eigenvalue weighted by molar-refractivity contribution is 7.98. The molecule has 0 spiro atoms. The minimum absolute atomic E-state index is 0.0593. The molecule has 0 unspecified atom stereocenters. The van der Waals surface area contributed by atoms with E-state index in [0.717, 1.165) is 17.1 Å². The third kappa shape index (κ3) is 1.97. The van der Waals surface area contributed by atoms with Crippen LogP contribution in [0.2, 0.25) is 0 Å². The van der Waals surface area contributed by atoms with Crippen LogP contribution in [0.3, 0.4) is 0 Å². The van der Waals surface area contributed by atoms with Crippen molar-refractivity contribution in [1.82, 2.24) is 9.55 Å². The van der Waals surface area contributed by atoms with E-state index in [0.29, 0.717) is 11.3 Å². The van der Waals surface area contributed by atoms with Crippen molar-refractivity contribution in [1.29, 1.82) is 0 Å². The van der Waals surface area contributed by atoms with E-state index in [4.69, 9.17) is 0 Å². The Morgan fingerprint density at radius 3 is 2.88 bits per heavy atom. The second kappa shape index (κ2) is 4.70. The zero-order valence-corrected chi connectivity index (χ0v) is 10.3. The Morgan fingerprint density at radius 1 is 1.38 bits per heavy atom. The van der Waals surface area contributed by atoms with Gasteiger partial charge >= 0.3 is 0 Å². The number of hydrogen-bond acceptors (Lipinski definition) is 3.